The minimum Gasteiger partial charge on any atom is -0.311 e. The van der Waals surface area contributed by atoms with Crippen molar-refractivity contribution in [2.24, 2.45) is 0 Å². The van der Waals surface area contributed by atoms with Crippen LogP contribution >= 0.6 is 45.3 Å². The molecule has 0 fully saturated rings. The maximum absolute atomic E-state index is 2.52. The van der Waals surface area contributed by atoms with Crippen LogP contribution in [0, 0.1) is 0 Å². The Morgan fingerprint density at radius 3 is 0.960 bits per heavy atom. The van der Waals surface area contributed by atoms with E-state index in [1.54, 1.807) is 0 Å². The molecule has 0 N–H and O–H groups in total. The van der Waals surface area contributed by atoms with Crippen molar-refractivity contribution in [3.05, 3.63) is 449 Å². The van der Waals surface area contributed by atoms with Crippen LogP contribution in [0.15, 0.2) is 449 Å². The van der Waals surface area contributed by atoms with Crippen LogP contribution < -0.4 is 9.80 Å². The van der Waals surface area contributed by atoms with Gasteiger partial charge in [-0.1, -0.05) is 297 Å². The van der Waals surface area contributed by atoms with Crippen LogP contribution in [0.1, 0.15) is 0 Å². The molecule has 0 spiro atoms. The van der Waals surface area contributed by atoms with Crippen LogP contribution in [-0.2, 0) is 0 Å². The topological polar surface area (TPSA) is 16.3 Å². The average molecular weight is 1680 g/mol. The predicted octanol–water partition coefficient (Wildman–Crippen LogP) is 35.5. The molecule has 26 aromatic rings. The van der Waals surface area contributed by atoms with E-state index in [1.165, 1.54) is 202 Å². The molecule has 4 nitrogen and oxygen atoms in total. The zero-order chi connectivity index (χ0) is 82.9. The van der Waals surface area contributed by atoms with E-state index in [-0.39, 0.29) is 0 Å². The van der Waals surface area contributed by atoms with Crippen molar-refractivity contribution in [2.45, 2.75) is 0 Å². The molecule has 0 bridgehead atoms. The van der Waals surface area contributed by atoms with Crippen LogP contribution in [0.4, 0.5) is 34.1 Å². The van der Waals surface area contributed by atoms with Gasteiger partial charge in [-0.3, -0.25) is 0 Å². The van der Waals surface area contributed by atoms with Crippen molar-refractivity contribution in [3.8, 4) is 67.0 Å². The lowest BCUT2D eigenvalue weighted by Gasteiger charge is -2.26. The molecular formula is C118H74N4S4. The third-order valence-electron chi connectivity index (χ3n) is 25.4. The fourth-order valence-electron chi connectivity index (χ4n) is 19.5. The number of hydrogen-bond acceptors (Lipinski definition) is 6. The third-order valence-corrected chi connectivity index (χ3v) is 30.1. The molecule has 20 aromatic carbocycles. The summed E-state index contributed by atoms with van der Waals surface area (Å²) in [6.07, 6.45) is 0. The molecule has 0 aliphatic rings. The van der Waals surface area contributed by atoms with Crippen LogP contribution in [0.3, 0.4) is 0 Å². The van der Waals surface area contributed by atoms with Gasteiger partial charge in [0.1, 0.15) is 0 Å². The summed E-state index contributed by atoms with van der Waals surface area (Å²) in [5.74, 6) is 0. The summed E-state index contributed by atoms with van der Waals surface area (Å²) in [7, 11) is 0. The Kier molecular flexibility index (Phi) is 17.7. The van der Waals surface area contributed by atoms with Gasteiger partial charge in [0.05, 0.1) is 27.8 Å². The van der Waals surface area contributed by atoms with E-state index >= 15 is 0 Å². The SMILES string of the molecule is c1ccc(-c2ccc(N(c3ccc(-c4cc5c6ccccc6n(-c6cccc7ccccc67)c5c5c4sc4ccccc45)cc3)c3ccc4sc5ccccc5c4c3)cc2)cc1.c1ccc(-c2ccc(N(c3ccc(-c4ccccc4)cc3)c3ccc(-c4cc5c6ccccc6n(-c6ccc7sc8ccccc8c7c6)c5c5c4sc4ccccc45)cc3)cc2)cc1. The Balaban J connectivity index is 0.000000137. The minimum absolute atomic E-state index is 1.10. The first-order valence-corrected chi connectivity index (χ1v) is 46.1. The second-order valence-corrected chi connectivity index (χ2v) is 36.8. The van der Waals surface area contributed by atoms with Gasteiger partial charge in [-0.15, -0.1) is 45.3 Å². The first kappa shape index (κ1) is 73.5. The van der Waals surface area contributed by atoms with Gasteiger partial charge in [0.15, 0.2) is 0 Å². The van der Waals surface area contributed by atoms with Gasteiger partial charge in [0.2, 0.25) is 0 Å². The first-order valence-electron chi connectivity index (χ1n) is 42.8. The summed E-state index contributed by atoms with van der Waals surface area (Å²) in [6.45, 7) is 0. The highest BCUT2D eigenvalue weighted by molar-refractivity contribution is 7.27. The molecule has 6 aromatic heterocycles. The molecule has 0 radical (unpaired) electrons. The van der Waals surface area contributed by atoms with Crippen molar-refractivity contribution in [2.75, 3.05) is 9.80 Å². The highest BCUT2D eigenvalue weighted by Gasteiger charge is 2.27. The lowest BCUT2D eigenvalue weighted by Crippen LogP contribution is -2.09. The number of para-hydroxylation sites is 2. The fraction of sp³-hybridized carbons (Fsp3) is 0. The van der Waals surface area contributed by atoms with E-state index in [2.05, 4.69) is 468 Å². The molecule has 6 heterocycles. The van der Waals surface area contributed by atoms with E-state index in [4.69, 9.17) is 0 Å². The summed E-state index contributed by atoms with van der Waals surface area (Å²) in [5.41, 5.74) is 26.2. The average Bonchev–Trinajstić information content (AvgIpc) is 1.55. The largest absolute Gasteiger partial charge is 0.311 e. The van der Waals surface area contributed by atoms with Gasteiger partial charge in [-0.25, -0.2) is 0 Å². The van der Waals surface area contributed by atoms with E-state index in [0.717, 1.165) is 34.1 Å². The van der Waals surface area contributed by atoms with Crippen LogP contribution in [0.25, 0.3) is 202 Å². The summed E-state index contributed by atoms with van der Waals surface area (Å²) >= 11 is 7.52. The Labute approximate surface area is 743 Å². The standard InChI is InChI=1S/C60H38N2S2.C58H36N2S2/c1-3-13-39(14-4-1)41-23-29-44(30-24-41)61(45-31-25-42(26-32-45)40-15-5-2-6-16-40)46-33-27-43(28-34-46)51-38-53-48-17-7-10-20-54(48)62(59(53)58-50-19-9-12-22-56(50)64-60(51)58)47-35-36-57-52(37-47)49-18-8-11-21-55(49)63-57;1-2-13-37(14-3-1)38-25-29-41(30-26-38)59(43-33-34-55-49(35-43)46-19-7-10-23-53(46)61-55)42-31-27-40(28-32-42)48-36-50-45-18-6-9-21-52(45)60(51-22-12-16-39-15-4-5-17-44(39)51)57(50)56-47-20-8-11-24-54(47)62-58(48)56/h1-38H;1-36H. The molecule has 0 saturated carbocycles. The molecule has 26 rings (SSSR count). The van der Waals surface area contributed by atoms with Gasteiger partial charge < -0.3 is 18.9 Å². The Morgan fingerprint density at radius 2 is 0.500 bits per heavy atom. The lowest BCUT2D eigenvalue weighted by molar-refractivity contribution is 1.19. The van der Waals surface area contributed by atoms with E-state index < -0.39 is 0 Å². The molecule has 0 unspecified atom stereocenters. The van der Waals surface area contributed by atoms with Gasteiger partial charge in [-0.05, 0) is 202 Å². The van der Waals surface area contributed by atoms with Crippen molar-refractivity contribution >= 4 is 215 Å². The quantitative estimate of drug-likeness (QED) is 0.114. The maximum Gasteiger partial charge on any atom is 0.0634 e. The molecular weight excluding hydrogens is 1600 g/mol. The molecule has 126 heavy (non-hydrogen) atoms. The Bertz CT molecular complexity index is 8650. The molecule has 8 heteroatoms. The van der Waals surface area contributed by atoms with Gasteiger partial charge >= 0.3 is 0 Å². The van der Waals surface area contributed by atoms with Crippen molar-refractivity contribution in [1.82, 2.24) is 9.13 Å². The Hall–Kier alpha value is -15.3. The monoisotopic (exact) mass is 1670 g/mol. The second-order valence-electron chi connectivity index (χ2n) is 32.5. The number of fused-ring (bicyclic) bond motifs is 21. The fourth-order valence-corrected chi connectivity index (χ4v) is 24.2. The minimum atomic E-state index is 1.10. The number of hydrogen-bond donors (Lipinski definition) is 0. The first-order chi connectivity index (χ1) is 62.5. The van der Waals surface area contributed by atoms with E-state index in [1.807, 2.05) is 45.3 Å². The molecule has 0 aliphatic carbocycles. The molecule has 0 atom stereocenters. The summed E-state index contributed by atoms with van der Waals surface area (Å²) in [5, 5.41) is 17.9. The van der Waals surface area contributed by atoms with Crippen molar-refractivity contribution in [1.29, 1.82) is 0 Å². The highest BCUT2D eigenvalue weighted by atomic mass is 32.1. The molecule has 0 saturated heterocycles. The maximum atomic E-state index is 2.52. The van der Waals surface area contributed by atoms with Crippen molar-refractivity contribution < 1.29 is 0 Å². The van der Waals surface area contributed by atoms with E-state index in [0.29, 0.717) is 0 Å². The second kappa shape index (κ2) is 30.4. The number of anilines is 6. The molecule has 590 valence electrons. The third kappa shape index (κ3) is 12.3. The van der Waals surface area contributed by atoms with Gasteiger partial charge in [-0.2, -0.15) is 0 Å². The molecule has 0 amide bonds. The van der Waals surface area contributed by atoms with E-state index in [9.17, 15) is 0 Å². The highest BCUT2D eigenvalue weighted by Crippen LogP contribution is 2.53. The zero-order valence-corrected chi connectivity index (χ0v) is 71.4. The predicted molar refractivity (Wildman–Crippen MR) is 547 cm³/mol. The number of aromatic nitrogens is 2. The van der Waals surface area contributed by atoms with Crippen LogP contribution in [-0.4, -0.2) is 9.13 Å². The summed E-state index contributed by atoms with van der Waals surface area (Å²) in [6, 6.07) is 165. The normalized spacial score (nSPS) is 11.8. The van der Waals surface area contributed by atoms with Gasteiger partial charge in [0.25, 0.3) is 0 Å². The molecule has 0 aliphatic heterocycles. The lowest BCUT2D eigenvalue weighted by atomic mass is 9.98. The van der Waals surface area contributed by atoms with Crippen LogP contribution in [0.2, 0.25) is 0 Å². The number of thiophene rings is 4. The van der Waals surface area contributed by atoms with Crippen molar-refractivity contribution in [3.63, 3.8) is 0 Å². The number of benzene rings is 20. The number of nitrogens with zero attached hydrogens (tertiary/aromatic N) is 4. The summed E-state index contributed by atoms with van der Waals surface area (Å²) < 4.78 is 15.5. The smallest absolute Gasteiger partial charge is 0.0634 e. The van der Waals surface area contributed by atoms with Gasteiger partial charge in [0, 0.05) is 159 Å². The summed E-state index contributed by atoms with van der Waals surface area (Å²) in [4.78, 5) is 4.77. The Morgan fingerprint density at radius 1 is 0.183 bits per heavy atom. The van der Waals surface area contributed by atoms with Crippen LogP contribution in [0.5, 0.6) is 0 Å². The number of rotatable bonds is 13. The zero-order valence-electron chi connectivity index (χ0n) is 68.1.